The molecular formula is C15H23ClN4. The molecule has 20 heavy (non-hydrogen) atoms. The van der Waals surface area contributed by atoms with Crippen molar-refractivity contribution in [1.29, 1.82) is 0 Å². The lowest BCUT2D eigenvalue weighted by atomic mass is 9.89. The highest BCUT2D eigenvalue weighted by Crippen LogP contribution is 2.25. The number of hydrogen-bond donors (Lipinski definition) is 2. The predicted molar refractivity (Wildman–Crippen MR) is 82.4 cm³/mol. The van der Waals surface area contributed by atoms with E-state index in [1.165, 1.54) is 32.1 Å². The molecule has 2 aliphatic rings. The van der Waals surface area contributed by atoms with Crippen LogP contribution in [0, 0.1) is 5.92 Å². The molecule has 0 spiro atoms. The molecule has 5 heteroatoms. The van der Waals surface area contributed by atoms with Crippen molar-refractivity contribution in [2.75, 3.05) is 25.0 Å². The molecule has 0 atom stereocenters. The number of aromatic nitrogens is 2. The lowest BCUT2D eigenvalue weighted by Gasteiger charge is -2.22. The van der Waals surface area contributed by atoms with Gasteiger partial charge in [0.1, 0.15) is 5.15 Å². The van der Waals surface area contributed by atoms with Crippen LogP contribution in [0.3, 0.4) is 0 Å². The zero-order valence-corrected chi connectivity index (χ0v) is 12.7. The van der Waals surface area contributed by atoms with Gasteiger partial charge >= 0.3 is 0 Å². The van der Waals surface area contributed by atoms with E-state index in [0.717, 1.165) is 49.7 Å². The summed E-state index contributed by atoms with van der Waals surface area (Å²) in [7, 11) is 0. The minimum atomic E-state index is 0.629. The maximum absolute atomic E-state index is 6.32. The Labute approximate surface area is 125 Å². The van der Waals surface area contributed by atoms with Gasteiger partial charge in [-0.05, 0) is 31.7 Å². The number of anilines is 1. The summed E-state index contributed by atoms with van der Waals surface area (Å²) in [5, 5.41) is 7.41. The van der Waals surface area contributed by atoms with Gasteiger partial charge in [0.05, 0.1) is 5.69 Å². The van der Waals surface area contributed by atoms with Crippen LogP contribution in [-0.4, -0.2) is 29.6 Å². The van der Waals surface area contributed by atoms with Crippen molar-refractivity contribution in [1.82, 2.24) is 15.3 Å². The zero-order valence-electron chi connectivity index (χ0n) is 11.9. The van der Waals surface area contributed by atoms with Crippen LogP contribution >= 0.6 is 11.6 Å². The monoisotopic (exact) mass is 294 g/mol. The van der Waals surface area contributed by atoms with Crippen molar-refractivity contribution >= 4 is 17.5 Å². The van der Waals surface area contributed by atoms with E-state index in [-0.39, 0.29) is 0 Å². The second-order valence-corrected chi connectivity index (χ2v) is 6.26. The van der Waals surface area contributed by atoms with Gasteiger partial charge in [-0.15, -0.1) is 0 Å². The largest absolute Gasteiger partial charge is 0.354 e. The van der Waals surface area contributed by atoms with Gasteiger partial charge in [-0.2, -0.15) is 0 Å². The Kier molecular flexibility index (Phi) is 4.73. The van der Waals surface area contributed by atoms with E-state index >= 15 is 0 Å². The first-order chi connectivity index (χ1) is 9.83. The molecule has 2 N–H and O–H groups in total. The second-order valence-electron chi connectivity index (χ2n) is 5.90. The molecule has 1 saturated carbocycles. The molecule has 4 nitrogen and oxygen atoms in total. The van der Waals surface area contributed by atoms with E-state index in [1.807, 2.05) is 0 Å². The van der Waals surface area contributed by atoms with Crippen molar-refractivity contribution < 1.29 is 0 Å². The molecule has 0 bridgehead atoms. The third-order valence-electron chi connectivity index (χ3n) is 4.41. The van der Waals surface area contributed by atoms with Crippen LogP contribution in [0.4, 0.5) is 5.95 Å². The smallest absolute Gasteiger partial charge is 0.224 e. The van der Waals surface area contributed by atoms with Crippen molar-refractivity contribution in [2.45, 2.75) is 44.9 Å². The Balaban J connectivity index is 1.67. The fourth-order valence-corrected chi connectivity index (χ4v) is 3.49. The minimum Gasteiger partial charge on any atom is -0.354 e. The van der Waals surface area contributed by atoms with Crippen molar-refractivity contribution in [2.24, 2.45) is 5.92 Å². The van der Waals surface area contributed by atoms with Gasteiger partial charge in [-0.1, -0.05) is 30.9 Å². The van der Waals surface area contributed by atoms with E-state index in [0.29, 0.717) is 11.1 Å². The first-order valence-corrected chi connectivity index (χ1v) is 8.20. The van der Waals surface area contributed by atoms with Crippen LogP contribution in [0.2, 0.25) is 5.15 Å². The summed E-state index contributed by atoms with van der Waals surface area (Å²) in [5.74, 6) is 1.48. The number of halogens is 1. The molecule has 1 fully saturated rings. The van der Waals surface area contributed by atoms with Crippen molar-refractivity contribution in [3.63, 3.8) is 0 Å². The van der Waals surface area contributed by atoms with Crippen molar-refractivity contribution in [3.8, 4) is 0 Å². The van der Waals surface area contributed by atoms with E-state index in [1.54, 1.807) is 0 Å². The number of nitrogens with one attached hydrogen (secondary N) is 2. The van der Waals surface area contributed by atoms with Gasteiger partial charge in [-0.25, -0.2) is 9.97 Å². The Bertz CT molecular complexity index is 457. The molecule has 3 rings (SSSR count). The van der Waals surface area contributed by atoms with Gasteiger partial charge in [0, 0.05) is 25.1 Å². The van der Waals surface area contributed by atoms with E-state index in [4.69, 9.17) is 11.6 Å². The molecule has 0 unspecified atom stereocenters. The highest BCUT2D eigenvalue weighted by atomic mass is 35.5. The van der Waals surface area contributed by atoms with Gasteiger partial charge in [0.15, 0.2) is 0 Å². The topological polar surface area (TPSA) is 49.8 Å². The highest BCUT2D eigenvalue weighted by Gasteiger charge is 2.17. The average Bonchev–Trinajstić information content (AvgIpc) is 2.72. The Morgan fingerprint density at radius 3 is 2.75 bits per heavy atom. The average molecular weight is 295 g/mol. The molecule has 0 saturated heterocycles. The summed E-state index contributed by atoms with van der Waals surface area (Å²) in [5.41, 5.74) is 2.24. The number of hydrogen-bond acceptors (Lipinski definition) is 4. The molecule has 1 aromatic heterocycles. The van der Waals surface area contributed by atoms with Crippen molar-refractivity contribution in [3.05, 3.63) is 16.4 Å². The molecule has 110 valence electrons. The number of rotatable bonds is 3. The molecule has 1 aliphatic heterocycles. The van der Waals surface area contributed by atoms with E-state index in [9.17, 15) is 0 Å². The molecular weight excluding hydrogens is 272 g/mol. The minimum absolute atomic E-state index is 0.629. The fraction of sp³-hybridized carbons (Fsp3) is 0.733. The first-order valence-electron chi connectivity index (χ1n) is 7.83. The molecule has 1 aliphatic carbocycles. The van der Waals surface area contributed by atoms with Crippen LogP contribution in [0.25, 0.3) is 0 Å². The number of nitrogens with zero attached hydrogens (tertiary/aromatic N) is 2. The molecule has 2 heterocycles. The van der Waals surface area contributed by atoms with Gasteiger partial charge in [-0.3, -0.25) is 0 Å². The summed E-state index contributed by atoms with van der Waals surface area (Å²) in [4.78, 5) is 9.10. The summed E-state index contributed by atoms with van der Waals surface area (Å²) in [6.45, 7) is 2.92. The third kappa shape index (κ3) is 3.41. The Hall–Kier alpha value is -0.870. The van der Waals surface area contributed by atoms with Crippen LogP contribution < -0.4 is 10.6 Å². The maximum Gasteiger partial charge on any atom is 0.224 e. The van der Waals surface area contributed by atoms with E-state index in [2.05, 4.69) is 20.6 Å². The molecule has 0 aromatic carbocycles. The highest BCUT2D eigenvalue weighted by molar-refractivity contribution is 6.30. The van der Waals surface area contributed by atoms with Gasteiger partial charge < -0.3 is 10.6 Å². The molecule has 0 radical (unpaired) electrons. The lowest BCUT2D eigenvalue weighted by molar-refractivity contribution is 0.373. The molecule has 1 aromatic rings. The SMILES string of the molecule is Clc1nc(NCC2CCCCC2)nc2c1CCNCC2. The Morgan fingerprint density at radius 2 is 1.90 bits per heavy atom. The Morgan fingerprint density at radius 1 is 1.10 bits per heavy atom. The summed E-state index contributed by atoms with van der Waals surface area (Å²) >= 11 is 6.32. The second kappa shape index (κ2) is 6.72. The third-order valence-corrected chi connectivity index (χ3v) is 4.72. The zero-order chi connectivity index (χ0) is 13.8. The maximum atomic E-state index is 6.32. The normalized spacial score (nSPS) is 20.2. The summed E-state index contributed by atoms with van der Waals surface area (Å²) < 4.78 is 0. The van der Waals surface area contributed by atoms with Crippen LogP contribution in [0.5, 0.6) is 0 Å². The van der Waals surface area contributed by atoms with Crippen LogP contribution in [0.15, 0.2) is 0 Å². The fourth-order valence-electron chi connectivity index (χ4n) is 3.21. The van der Waals surface area contributed by atoms with E-state index < -0.39 is 0 Å². The summed E-state index contributed by atoms with van der Waals surface area (Å²) in [6, 6.07) is 0. The molecule has 0 amide bonds. The first kappa shape index (κ1) is 14.1. The van der Waals surface area contributed by atoms with Crippen LogP contribution in [-0.2, 0) is 12.8 Å². The number of fused-ring (bicyclic) bond motifs is 1. The standard InChI is InChI=1S/C15H23ClN4/c16-14-12-6-8-17-9-7-13(12)19-15(20-14)18-10-11-4-2-1-3-5-11/h11,17H,1-10H2,(H,18,19,20). The van der Waals surface area contributed by atoms with Gasteiger partial charge in [0.2, 0.25) is 5.95 Å². The lowest BCUT2D eigenvalue weighted by Crippen LogP contribution is -2.19. The van der Waals surface area contributed by atoms with Gasteiger partial charge in [0.25, 0.3) is 0 Å². The predicted octanol–water partition coefficient (Wildman–Crippen LogP) is 2.81. The van der Waals surface area contributed by atoms with Crippen LogP contribution in [0.1, 0.15) is 43.4 Å². The quantitative estimate of drug-likeness (QED) is 0.842. The summed E-state index contributed by atoms with van der Waals surface area (Å²) in [6.07, 6.45) is 8.65.